The lowest BCUT2D eigenvalue weighted by molar-refractivity contribution is -0.138. The van der Waals surface area contributed by atoms with Crippen LogP contribution in [0.25, 0.3) is 43.1 Å². The van der Waals surface area contributed by atoms with Gasteiger partial charge in [0.15, 0.2) is 0 Å². The Labute approximate surface area is 345 Å². The van der Waals surface area contributed by atoms with Crippen molar-refractivity contribution in [2.45, 2.75) is 104 Å². The first-order valence-corrected chi connectivity index (χ1v) is 20.2. The second kappa shape index (κ2) is 15.3. The molecule has 0 radical (unpaired) electrons. The van der Waals surface area contributed by atoms with E-state index in [-0.39, 0.29) is 24.3 Å². The zero-order chi connectivity index (χ0) is 45.8. The van der Waals surface area contributed by atoms with Crippen molar-refractivity contribution in [1.29, 1.82) is 0 Å². The molecule has 2 heterocycles. The number of halogens is 12. The molecule has 18 heteroatoms. The van der Waals surface area contributed by atoms with Gasteiger partial charge in [0.2, 0.25) is 0 Å². The van der Waals surface area contributed by atoms with Crippen LogP contribution < -0.4 is 0 Å². The van der Waals surface area contributed by atoms with Crippen molar-refractivity contribution in [1.82, 2.24) is 9.80 Å². The van der Waals surface area contributed by atoms with Crippen LogP contribution in [0.3, 0.4) is 0 Å². The fraction of sp³-hybridized carbons (Fsp3) is 0.455. The van der Waals surface area contributed by atoms with Crippen molar-refractivity contribution in [3.05, 3.63) is 68.8 Å². The Kier molecular flexibility index (Phi) is 11.1. The van der Waals surface area contributed by atoms with Crippen LogP contribution in [0.1, 0.15) is 143 Å². The van der Waals surface area contributed by atoms with Gasteiger partial charge < -0.3 is 0 Å². The molecule has 332 valence electrons. The van der Waals surface area contributed by atoms with E-state index >= 15 is 52.7 Å². The number of carbonyl (C=O) groups is 4. The Morgan fingerprint density at radius 1 is 0.403 bits per heavy atom. The average molecular weight is 887 g/mol. The molecule has 2 aliphatic heterocycles. The van der Waals surface area contributed by atoms with Gasteiger partial charge in [-0.1, -0.05) is 66.2 Å². The second-order valence-electron chi connectivity index (χ2n) is 16.2. The summed E-state index contributed by atoms with van der Waals surface area (Å²) in [5.74, 6) is -6.70. The van der Waals surface area contributed by atoms with Gasteiger partial charge in [0.05, 0.1) is 22.3 Å². The molecular weight excluding hydrogens is 848 g/mol. The van der Waals surface area contributed by atoms with Crippen molar-refractivity contribution < 1.29 is 71.9 Å². The standard InChI is InChI=1S/C44H38F12N2O4/c1-5-9-11-19(7-3)17-57-37(59)21-13-25(41(45,46)47)31-33-27(43(51,52)53)15-23-30-24(40(62)58(39(23)61)18-20(8-4)12-10-6-2)16-28(44(54,55)56)34(36(30)33)32-26(42(48,49)50)14-22(38(57)60)29(21)35(31)32/h13-16,19-20H,5-12,17-18H2,1-4H3. The van der Waals surface area contributed by atoms with E-state index in [1.165, 1.54) is 0 Å². The molecule has 0 saturated heterocycles. The summed E-state index contributed by atoms with van der Waals surface area (Å²) in [6, 6.07) is 0.434. The third kappa shape index (κ3) is 6.99. The number of carbonyl (C=O) groups excluding carboxylic acids is 4. The van der Waals surface area contributed by atoms with Crippen LogP contribution in [-0.2, 0) is 24.7 Å². The van der Waals surface area contributed by atoms with E-state index in [2.05, 4.69) is 0 Å². The minimum Gasteiger partial charge on any atom is -0.274 e. The molecule has 62 heavy (non-hydrogen) atoms. The van der Waals surface area contributed by atoms with E-state index in [4.69, 9.17) is 0 Å². The zero-order valence-electron chi connectivity index (χ0n) is 33.6. The number of imide groups is 2. The maximum absolute atomic E-state index is 15.5. The molecule has 7 rings (SSSR count). The molecule has 6 nitrogen and oxygen atoms in total. The van der Waals surface area contributed by atoms with E-state index in [9.17, 15) is 19.2 Å². The molecule has 2 atom stereocenters. The summed E-state index contributed by atoms with van der Waals surface area (Å²) in [6.45, 7) is 6.12. The third-order valence-corrected chi connectivity index (χ3v) is 12.4. The van der Waals surface area contributed by atoms with Gasteiger partial charge in [0.1, 0.15) is 0 Å². The highest BCUT2D eigenvalue weighted by molar-refractivity contribution is 6.43. The van der Waals surface area contributed by atoms with Crippen molar-refractivity contribution in [3.8, 4) is 0 Å². The van der Waals surface area contributed by atoms with Crippen LogP contribution in [0, 0.1) is 11.8 Å². The Balaban J connectivity index is 1.75. The minimum absolute atomic E-state index is 0.109. The molecule has 2 aliphatic rings. The zero-order valence-corrected chi connectivity index (χ0v) is 33.6. The maximum atomic E-state index is 15.5. The summed E-state index contributed by atoms with van der Waals surface area (Å²) in [7, 11) is 0. The summed E-state index contributed by atoms with van der Waals surface area (Å²) < 4.78 is 186. The fourth-order valence-corrected chi connectivity index (χ4v) is 9.33. The summed E-state index contributed by atoms with van der Waals surface area (Å²) in [6.07, 6.45) is -19.3. The van der Waals surface area contributed by atoms with Gasteiger partial charge in [0.25, 0.3) is 23.6 Å². The molecule has 0 N–H and O–H groups in total. The number of unbranched alkanes of at least 4 members (excludes halogenated alkanes) is 2. The fourth-order valence-electron chi connectivity index (χ4n) is 9.33. The van der Waals surface area contributed by atoms with Gasteiger partial charge in [-0.05, 0) is 48.9 Å². The maximum Gasteiger partial charge on any atom is 0.417 e. The summed E-state index contributed by atoms with van der Waals surface area (Å²) in [5.41, 5.74) is -12.7. The molecule has 0 spiro atoms. The molecule has 0 fully saturated rings. The first kappa shape index (κ1) is 44.9. The summed E-state index contributed by atoms with van der Waals surface area (Å²) >= 11 is 0. The smallest absolute Gasteiger partial charge is 0.274 e. The first-order valence-electron chi connectivity index (χ1n) is 20.2. The monoisotopic (exact) mass is 886 g/mol. The van der Waals surface area contributed by atoms with Crippen LogP contribution >= 0.6 is 0 Å². The van der Waals surface area contributed by atoms with Gasteiger partial charge in [-0.15, -0.1) is 0 Å². The van der Waals surface area contributed by atoms with E-state index in [1.807, 2.05) is 13.8 Å². The minimum atomic E-state index is -5.80. The summed E-state index contributed by atoms with van der Waals surface area (Å²) in [4.78, 5) is 57.7. The molecule has 5 aromatic carbocycles. The number of alkyl halides is 12. The summed E-state index contributed by atoms with van der Waals surface area (Å²) in [5, 5.41) is -11.7. The van der Waals surface area contributed by atoms with E-state index < -0.39 is 161 Å². The number of hydrogen-bond donors (Lipinski definition) is 0. The number of fused-ring (bicyclic) bond motifs is 2. The first-order chi connectivity index (χ1) is 28.8. The Morgan fingerprint density at radius 2 is 0.645 bits per heavy atom. The molecule has 0 saturated carbocycles. The van der Waals surface area contributed by atoms with Crippen LogP contribution in [0.2, 0.25) is 0 Å². The highest BCUT2D eigenvalue weighted by atomic mass is 19.4. The number of rotatable bonds is 12. The molecule has 0 aliphatic carbocycles. The lowest BCUT2D eigenvalue weighted by Crippen LogP contribution is -2.43. The Bertz CT molecular complexity index is 2350. The SMILES string of the molecule is CCCCC(CC)CN1C(=O)c2cc(C(F)(F)F)c3c4c(C(F)(F)F)cc5c6c(cc(C(F)(F)F)c(c7c(C(F)(F)F)cc(c2c37)C1=O)c64)C(=O)N(CC(CC)CCCC)C5=O. The largest absolute Gasteiger partial charge is 0.417 e. The van der Waals surface area contributed by atoms with Gasteiger partial charge in [-0.3, -0.25) is 29.0 Å². The average Bonchev–Trinajstić information content (AvgIpc) is 3.18. The molecule has 4 amide bonds. The quantitative estimate of drug-likeness (QED) is 0.0541. The predicted molar refractivity (Wildman–Crippen MR) is 205 cm³/mol. The van der Waals surface area contributed by atoms with Crippen LogP contribution in [-0.4, -0.2) is 46.5 Å². The van der Waals surface area contributed by atoms with E-state index in [0.717, 1.165) is 0 Å². The Morgan fingerprint density at radius 3 is 0.839 bits per heavy atom. The van der Waals surface area contributed by atoms with Gasteiger partial charge in [-0.25, -0.2) is 0 Å². The molecular formula is C44H38F12N2O4. The number of hydrogen-bond acceptors (Lipinski definition) is 4. The lowest BCUT2D eigenvalue weighted by Gasteiger charge is -2.35. The van der Waals surface area contributed by atoms with Crippen LogP contribution in [0.4, 0.5) is 52.7 Å². The number of amides is 4. The third-order valence-electron chi connectivity index (χ3n) is 12.4. The molecule has 0 aromatic heterocycles. The highest BCUT2D eigenvalue weighted by Crippen LogP contribution is 2.57. The molecule has 5 aromatic rings. The predicted octanol–water partition coefficient (Wildman–Crippen LogP) is 13.4. The lowest BCUT2D eigenvalue weighted by atomic mass is 9.76. The molecule has 2 unspecified atom stereocenters. The van der Waals surface area contributed by atoms with Gasteiger partial charge >= 0.3 is 24.7 Å². The number of nitrogens with zero attached hydrogens (tertiary/aromatic N) is 2. The van der Waals surface area contributed by atoms with Crippen molar-refractivity contribution in [2.75, 3.05) is 13.1 Å². The van der Waals surface area contributed by atoms with Crippen molar-refractivity contribution in [2.24, 2.45) is 11.8 Å². The van der Waals surface area contributed by atoms with Gasteiger partial charge in [0, 0.05) is 78.4 Å². The second-order valence-corrected chi connectivity index (χ2v) is 16.2. The van der Waals surface area contributed by atoms with Gasteiger partial charge in [-0.2, -0.15) is 52.7 Å². The van der Waals surface area contributed by atoms with Crippen LogP contribution in [0.15, 0.2) is 24.3 Å². The highest BCUT2D eigenvalue weighted by Gasteiger charge is 2.49. The van der Waals surface area contributed by atoms with Crippen LogP contribution in [0.5, 0.6) is 0 Å². The van der Waals surface area contributed by atoms with E-state index in [0.29, 0.717) is 61.2 Å². The van der Waals surface area contributed by atoms with Crippen molar-refractivity contribution in [3.63, 3.8) is 0 Å². The number of benzene rings is 5. The van der Waals surface area contributed by atoms with E-state index in [1.54, 1.807) is 13.8 Å². The molecule has 0 bridgehead atoms. The normalized spacial score (nSPS) is 16.3. The Hall–Kier alpha value is -5.16. The van der Waals surface area contributed by atoms with Crippen molar-refractivity contribution >= 4 is 66.7 Å². The topological polar surface area (TPSA) is 74.8 Å².